The maximum atomic E-state index is 16.9. The molecule has 0 radical (unpaired) electrons. The molecule has 2 aromatic carbocycles. The number of aromatic nitrogens is 9. The zero-order valence-electron chi connectivity index (χ0n) is 36.4. The molecule has 10 rings (SSSR count). The fourth-order valence-corrected chi connectivity index (χ4v) is 11.9. The molecule has 0 saturated carbocycles. The maximum Gasteiger partial charge on any atom is 0.327 e. The minimum atomic E-state index is -4.31. The Labute approximate surface area is 405 Å². The minimum absolute atomic E-state index is 0.0236. The number of hydrogen-bond acceptors (Lipinski definition) is 19. The van der Waals surface area contributed by atoms with Gasteiger partial charge in [-0.2, -0.15) is 4.98 Å². The molecule has 0 spiro atoms. The van der Waals surface area contributed by atoms with E-state index in [2.05, 4.69) is 40.1 Å². The van der Waals surface area contributed by atoms with Crippen LogP contribution in [0.2, 0.25) is 0 Å². The third kappa shape index (κ3) is 9.53. The fourth-order valence-electron chi connectivity index (χ4n) is 8.31. The number of nitro groups is 1. The number of rotatable bonds is 12. The van der Waals surface area contributed by atoms with Gasteiger partial charge >= 0.3 is 13.4 Å². The van der Waals surface area contributed by atoms with E-state index in [0.717, 1.165) is 5.56 Å². The van der Waals surface area contributed by atoms with Crippen molar-refractivity contribution in [3.05, 3.63) is 119 Å². The van der Waals surface area contributed by atoms with Crippen LogP contribution in [-0.4, -0.2) is 123 Å². The summed E-state index contributed by atoms with van der Waals surface area (Å²) in [6.45, 7) is 0.00201. The summed E-state index contributed by atoms with van der Waals surface area (Å²) in [5.74, 6) is -0.513. The molecule has 8 heterocycles. The molecule has 1 amide bonds. The van der Waals surface area contributed by atoms with E-state index >= 15 is 4.39 Å². The second-order valence-corrected chi connectivity index (χ2v) is 21.8. The molecular weight excluding hydrogens is 998 g/mol. The van der Waals surface area contributed by atoms with Gasteiger partial charge < -0.3 is 47.4 Å². The van der Waals surface area contributed by atoms with Gasteiger partial charge in [0.25, 0.3) is 11.6 Å². The van der Waals surface area contributed by atoms with Crippen molar-refractivity contribution in [3.63, 3.8) is 0 Å². The first-order valence-electron chi connectivity index (χ1n) is 21.4. The average molecular weight is 1040 g/mol. The van der Waals surface area contributed by atoms with Gasteiger partial charge in [-0.25, -0.2) is 35.9 Å². The average Bonchev–Trinajstić information content (AvgIpc) is 4.20. The van der Waals surface area contributed by atoms with Crippen LogP contribution in [0.5, 0.6) is 5.88 Å². The molecule has 0 aliphatic carbocycles. The van der Waals surface area contributed by atoms with Crippen molar-refractivity contribution in [3.8, 4) is 5.88 Å². The Bertz CT molecular complexity index is 3240. The van der Waals surface area contributed by atoms with E-state index in [4.69, 9.17) is 67.0 Å². The first kappa shape index (κ1) is 47.8. The van der Waals surface area contributed by atoms with E-state index in [1.54, 1.807) is 63.8 Å². The van der Waals surface area contributed by atoms with Crippen LogP contribution in [0, 0.1) is 22.6 Å². The lowest BCUT2D eigenvalue weighted by atomic mass is 10.0. The van der Waals surface area contributed by atoms with Crippen LogP contribution in [0.1, 0.15) is 35.3 Å². The van der Waals surface area contributed by atoms with Gasteiger partial charge in [-0.05, 0) is 41.3 Å². The van der Waals surface area contributed by atoms with E-state index in [9.17, 15) is 19.8 Å². The monoisotopic (exact) mass is 1040 g/mol. The number of hydrogen-bond donors (Lipinski definition) is 2. The Hall–Kier alpha value is -5.85. The quantitative estimate of drug-likeness (QED) is 0.0491. The zero-order chi connectivity index (χ0) is 48.7. The van der Waals surface area contributed by atoms with Gasteiger partial charge in [0.1, 0.15) is 43.6 Å². The molecule has 2 unspecified atom stereocenters. The number of imidazole rings is 3. The minimum Gasteiger partial charge on any atom is -0.476 e. The largest absolute Gasteiger partial charge is 0.476 e. The van der Waals surface area contributed by atoms with Crippen LogP contribution in [0.15, 0.2) is 86.0 Å². The number of alkyl halides is 1. The molecule has 70 heavy (non-hydrogen) atoms. The smallest absolute Gasteiger partial charge is 0.327 e. The number of carbonyl (C=O) groups is 1. The number of fused-ring (bicyclic) bond motifs is 6. The summed E-state index contributed by atoms with van der Waals surface area (Å²) < 4.78 is 71.4. The number of carbonyl (C=O) groups excluding carboxylic acids is 1. The second-order valence-electron chi connectivity index (χ2n) is 16.0. The molecule has 10 atom stereocenters. The van der Waals surface area contributed by atoms with E-state index in [0.29, 0.717) is 28.9 Å². The summed E-state index contributed by atoms with van der Waals surface area (Å²) in [6.07, 6.45) is -1.65. The molecule has 3 aliphatic rings. The second kappa shape index (κ2) is 19.7. The Balaban J connectivity index is 0.909. The Kier molecular flexibility index (Phi) is 13.5. The van der Waals surface area contributed by atoms with Gasteiger partial charge in [-0.3, -0.25) is 33.0 Å². The number of halogens is 1. The third-order valence-electron chi connectivity index (χ3n) is 11.6. The van der Waals surface area contributed by atoms with Gasteiger partial charge in [0, 0.05) is 42.4 Å². The normalized spacial score (nSPS) is 28.1. The number of nitrogens with zero attached hydrogens (tertiary/aromatic N) is 11. The van der Waals surface area contributed by atoms with Crippen molar-refractivity contribution in [2.24, 2.45) is 5.92 Å². The summed E-state index contributed by atoms with van der Waals surface area (Å²) in [5.41, 5.74) is 2.25. The molecule has 0 bridgehead atoms. The lowest BCUT2D eigenvalue weighted by molar-refractivity contribution is -0.384. The van der Waals surface area contributed by atoms with Gasteiger partial charge in [-0.1, -0.05) is 37.3 Å². The van der Waals surface area contributed by atoms with Crippen molar-refractivity contribution >= 4 is 82.6 Å². The molecule has 7 aromatic rings. The Morgan fingerprint density at radius 1 is 0.971 bits per heavy atom. The number of ether oxygens (including phenoxy) is 3. The highest BCUT2D eigenvalue weighted by molar-refractivity contribution is 8.07. The van der Waals surface area contributed by atoms with Crippen molar-refractivity contribution in [2.45, 2.75) is 56.4 Å². The maximum absolute atomic E-state index is 16.9. The summed E-state index contributed by atoms with van der Waals surface area (Å²) in [4.78, 5) is 65.1. The van der Waals surface area contributed by atoms with Crippen LogP contribution in [0.4, 0.5) is 15.9 Å². The van der Waals surface area contributed by atoms with Crippen LogP contribution in [0.25, 0.3) is 33.0 Å². The van der Waals surface area contributed by atoms with Gasteiger partial charge in [0.05, 0.1) is 37.4 Å². The summed E-state index contributed by atoms with van der Waals surface area (Å²) >= 11 is 11.5. The van der Waals surface area contributed by atoms with Crippen molar-refractivity contribution in [1.29, 1.82) is 0 Å². The van der Waals surface area contributed by atoms with E-state index < -0.39 is 86.4 Å². The van der Waals surface area contributed by atoms with Crippen LogP contribution < -0.4 is 10.1 Å². The number of amides is 1. The van der Waals surface area contributed by atoms with Gasteiger partial charge in [0.2, 0.25) is 18.2 Å². The highest BCUT2D eigenvalue weighted by Crippen LogP contribution is 2.57. The van der Waals surface area contributed by atoms with E-state index in [1.807, 2.05) is 6.92 Å². The number of non-ortho nitro benzene ring substituents is 1. The van der Waals surface area contributed by atoms with Crippen LogP contribution in [-0.2, 0) is 62.1 Å². The standard InChI is InChI=1S/C41H39FN12O12P2S2/c1-23-32-27(63-39(23)53-22-48-31-37(50-41-44-13-15-51(41)38(31)53)59-16-12-24-8-10-26(11-9-24)54(56)57)18-61-67(58,69)65-33-28(19-62-68(70,66-32)60-17-14-43-2)64-40(29(33)42)52-21-47-30-34(45-20-46-35(30)52)49-36(55)25-6-4-3-5-7-25/h3-11,13,15,20-23,27-29,32-33,39-40H,12,14,16-19H2,1H3,(H,58,69)(H,45,46,49,55)/t23-,27-,28-,29-,32+,33-,39-,40-,67?,68?/m1/s1. The number of nitro benzene ring substituents is 1. The molecule has 2 N–H and O–H groups in total. The van der Waals surface area contributed by atoms with Crippen molar-refractivity contribution in [2.75, 3.05) is 38.3 Å². The zero-order valence-corrected chi connectivity index (χ0v) is 39.8. The van der Waals surface area contributed by atoms with Crippen LogP contribution >= 0.6 is 13.4 Å². The summed E-state index contributed by atoms with van der Waals surface area (Å²) in [7, 11) is 0. The molecule has 364 valence electrons. The molecule has 5 aromatic heterocycles. The molecule has 3 saturated heterocycles. The molecule has 3 aliphatic heterocycles. The highest BCUT2D eigenvalue weighted by Gasteiger charge is 2.53. The first-order valence-corrected chi connectivity index (χ1v) is 26.6. The lowest BCUT2D eigenvalue weighted by Gasteiger charge is -2.32. The third-order valence-corrected chi connectivity index (χ3v) is 15.6. The Morgan fingerprint density at radius 2 is 1.71 bits per heavy atom. The van der Waals surface area contributed by atoms with Crippen LogP contribution in [0.3, 0.4) is 0 Å². The molecule has 3 fully saturated rings. The van der Waals surface area contributed by atoms with E-state index in [-0.39, 0.29) is 48.3 Å². The molecule has 24 nitrogen and oxygen atoms in total. The number of benzene rings is 2. The van der Waals surface area contributed by atoms with Gasteiger partial charge in [-0.15, -0.1) is 0 Å². The predicted octanol–water partition coefficient (Wildman–Crippen LogP) is 5.66. The van der Waals surface area contributed by atoms with Crippen molar-refractivity contribution < 1.29 is 55.8 Å². The SMILES string of the molecule is [C-]#[N+]CCOP1(=S)OC[C@H]2O[C@@H](n3cnc4c(NC(=O)c5ccccc5)ncnc43)[C@H](F)[C@@H]2OP(O)(=S)OC[C@H]2O[C@@H](n3cnc4c(OCCc5ccc([N+](=O)[O-])cc5)nc5nccn5c43)[C@H](C)[C@@H]2O1. The number of nitrogens with one attached hydrogen (secondary N) is 1. The topological polar surface area (TPSA) is 262 Å². The predicted molar refractivity (Wildman–Crippen MR) is 250 cm³/mol. The molecule has 29 heteroatoms. The fraction of sp³-hybridized carbons (Fsp3) is 0.366. The first-order chi connectivity index (χ1) is 33.8. The lowest BCUT2D eigenvalue weighted by Crippen LogP contribution is -2.36. The van der Waals surface area contributed by atoms with Gasteiger partial charge in [0.15, 0.2) is 40.5 Å². The summed E-state index contributed by atoms with van der Waals surface area (Å²) in [6, 6.07) is 14.6. The van der Waals surface area contributed by atoms with Crippen molar-refractivity contribution in [1.82, 2.24) is 43.4 Å². The van der Waals surface area contributed by atoms with E-state index in [1.165, 1.54) is 35.7 Å². The highest BCUT2D eigenvalue weighted by atomic mass is 32.5. The number of anilines is 1. The Morgan fingerprint density at radius 3 is 2.50 bits per heavy atom. The molecular formula is C41H39FN12O12P2S2. The summed E-state index contributed by atoms with van der Waals surface area (Å²) in [5, 5.41) is 13.8.